The van der Waals surface area contributed by atoms with Crippen LogP contribution in [0.3, 0.4) is 0 Å². The summed E-state index contributed by atoms with van der Waals surface area (Å²) >= 11 is 0. The van der Waals surface area contributed by atoms with Crippen LogP contribution in [-0.4, -0.2) is 31.4 Å². The van der Waals surface area contributed by atoms with Gasteiger partial charge in [0.2, 0.25) is 5.91 Å². The van der Waals surface area contributed by atoms with Gasteiger partial charge < -0.3 is 9.88 Å². The first-order valence-corrected chi connectivity index (χ1v) is 8.77. The average Bonchev–Trinajstić information content (AvgIpc) is 3.23. The molecule has 0 fully saturated rings. The summed E-state index contributed by atoms with van der Waals surface area (Å²) < 4.78 is 4.08. The van der Waals surface area contributed by atoms with Gasteiger partial charge in [-0.3, -0.25) is 14.2 Å². The van der Waals surface area contributed by atoms with E-state index in [1.54, 1.807) is 17.9 Å². The predicted molar refractivity (Wildman–Crippen MR) is 106 cm³/mol. The summed E-state index contributed by atoms with van der Waals surface area (Å²) in [5.74, 6) is -0.302. The number of carbonyl (C=O) groups excluding carboxylic acids is 1. The summed E-state index contributed by atoms with van der Waals surface area (Å²) in [4.78, 5) is 35.7. The number of carbonyl (C=O) groups is 1. The van der Waals surface area contributed by atoms with Gasteiger partial charge in [-0.1, -0.05) is 12.1 Å². The first kappa shape index (κ1) is 19.1. The van der Waals surface area contributed by atoms with Crippen LogP contribution in [0.5, 0.6) is 0 Å². The van der Waals surface area contributed by atoms with Crippen molar-refractivity contribution < 1.29 is 4.79 Å². The fourth-order valence-corrected chi connectivity index (χ4v) is 2.74. The third-order valence-corrected chi connectivity index (χ3v) is 4.31. The second-order valence-electron chi connectivity index (χ2n) is 6.33. The Morgan fingerprint density at radius 2 is 1.93 bits per heavy atom. The maximum absolute atomic E-state index is 12.0. The third kappa shape index (κ3) is 4.35. The number of nitrogens with zero attached hydrogens (tertiary/aromatic N) is 4. The number of amides is 1. The molecule has 0 saturated heterocycles. The highest BCUT2D eigenvalue weighted by molar-refractivity contribution is 5.91. The van der Waals surface area contributed by atoms with Crippen molar-refractivity contribution >= 4 is 12.0 Å². The van der Waals surface area contributed by atoms with E-state index in [2.05, 4.69) is 10.4 Å². The van der Waals surface area contributed by atoms with E-state index in [1.807, 2.05) is 36.5 Å². The van der Waals surface area contributed by atoms with Crippen LogP contribution in [0.15, 0.2) is 64.6 Å². The molecule has 0 unspecified atom stereocenters. The fourth-order valence-electron chi connectivity index (χ4n) is 2.74. The van der Waals surface area contributed by atoms with Crippen LogP contribution in [-0.2, 0) is 25.3 Å². The monoisotopic (exact) mass is 379 g/mol. The van der Waals surface area contributed by atoms with Gasteiger partial charge in [0.05, 0.1) is 11.3 Å². The molecule has 2 heterocycles. The molecule has 1 aromatic carbocycles. The minimum Gasteiger partial charge on any atom is -0.352 e. The second-order valence-corrected chi connectivity index (χ2v) is 6.33. The molecule has 3 rings (SSSR count). The smallest absolute Gasteiger partial charge is 0.330 e. The minimum atomic E-state index is -0.440. The standard InChI is InChI=1S/C20H21N5O3/c1-23-14-16(19(27)24(2)20(23)28)6-9-18(26)21-12-10-15-4-7-17(8-5-15)25-13-3-11-22-25/h3-9,11,13-14H,10,12H2,1-2H3,(H,21,26)/b9-6+. The predicted octanol–water partition coefficient (Wildman–Crippen LogP) is 0.642. The van der Waals surface area contributed by atoms with Gasteiger partial charge in [0.1, 0.15) is 0 Å². The van der Waals surface area contributed by atoms with E-state index >= 15 is 0 Å². The van der Waals surface area contributed by atoms with Crippen molar-refractivity contribution in [2.45, 2.75) is 6.42 Å². The highest BCUT2D eigenvalue weighted by Gasteiger charge is 2.05. The Morgan fingerprint density at radius 3 is 2.61 bits per heavy atom. The normalized spacial score (nSPS) is 11.1. The van der Waals surface area contributed by atoms with Gasteiger partial charge in [0.15, 0.2) is 0 Å². The van der Waals surface area contributed by atoms with E-state index in [0.29, 0.717) is 13.0 Å². The van der Waals surface area contributed by atoms with E-state index in [9.17, 15) is 14.4 Å². The summed E-state index contributed by atoms with van der Waals surface area (Å²) in [6.45, 7) is 0.468. The Morgan fingerprint density at radius 1 is 1.18 bits per heavy atom. The van der Waals surface area contributed by atoms with Crippen LogP contribution in [0, 0.1) is 0 Å². The fraction of sp³-hybridized carbons (Fsp3) is 0.200. The summed E-state index contributed by atoms with van der Waals surface area (Å²) in [5.41, 5.74) is 1.48. The molecule has 1 N–H and O–H groups in total. The summed E-state index contributed by atoms with van der Waals surface area (Å²) in [5, 5.41) is 6.96. The Bertz CT molecular complexity index is 1110. The molecule has 8 nitrogen and oxygen atoms in total. The lowest BCUT2D eigenvalue weighted by atomic mass is 10.1. The quantitative estimate of drug-likeness (QED) is 0.637. The zero-order valence-electron chi connectivity index (χ0n) is 15.7. The number of benzene rings is 1. The molecule has 144 valence electrons. The number of nitrogens with one attached hydrogen (secondary N) is 1. The van der Waals surface area contributed by atoms with Crippen LogP contribution in [0.25, 0.3) is 11.8 Å². The summed E-state index contributed by atoms with van der Waals surface area (Å²) in [7, 11) is 2.95. The SMILES string of the molecule is Cn1cc(/C=C/C(=O)NCCc2ccc(-n3cccn3)cc2)c(=O)n(C)c1=O. The highest BCUT2D eigenvalue weighted by atomic mass is 16.2. The lowest BCUT2D eigenvalue weighted by Gasteiger charge is -2.05. The summed E-state index contributed by atoms with van der Waals surface area (Å²) in [6, 6.07) is 9.79. The zero-order chi connectivity index (χ0) is 20.1. The lowest BCUT2D eigenvalue weighted by Crippen LogP contribution is -2.37. The van der Waals surface area contributed by atoms with Crippen molar-refractivity contribution in [3.05, 3.63) is 87.0 Å². The molecule has 0 aliphatic heterocycles. The number of aryl methyl sites for hydroxylation is 1. The maximum Gasteiger partial charge on any atom is 0.330 e. The first-order chi connectivity index (χ1) is 13.5. The van der Waals surface area contributed by atoms with Crippen LogP contribution < -0.4 is 16.6 Å². The van der Waals surface area contributed by atoms with Gasteiger partial charge >= 0.3 is 5.69 Å². The molecule has 0 atom stereocenters. The van der Waals surface area contributed by atoms with Gasteiger partial charge in [-0.2, -0.15) is 5.10 Å². The Balaban J connectivity index is 1.54. The van der Waals surface area contributed by atoms with Gasteiger partial charge in [0, 0.05) is 45.3 Å². The van der Waals surface area contributed by atoms with Gasteiger partial charge in [-0.05, 0) is 36.3 Å². The van der Waals surface area contributed by atoms with Crippen molar-refractivity contribution in [2.75, 3.05) is 6.54 Å². The Labute approximate surface area is 161 Å². The number of hydrogen-bond acceptors (Lipinski definition) is 4. The van der Waals surface area contributed by atoms with Crippen molar-refractivity contribution in [2.24, 2.45) is 14.1 Å². The molecule has 3 aromatic rings. The van der Waals surface area contributed by atoms with Crippen molar-refractivity contribution in [1.29, 1.82) is 0 Å². The molecule has 8 heteroatoms. The van der Waals surface area contributed by atoms with Crippen LogP contribution in [0.1, 0.15) is 11.1 Å². The lowest BCUT2D eigenvalue weighted by molar-refractivity contribution is -0.116. The van der Waals surface area contributed by atoms with E-state index in [0.717, 1.165) is 15.8 Å². The maximum atomic E-state index is 12.0. The largest absolute Gasteiger partial charge is 0.352 e. The number of aromatic nitrogens is 4. The van der Waals surface area contributed by atoms with E-state index in [1.165, 1.54) is 30.0 Å². The summed E-state index contributed by atoms with van der Waals surface area (Å²) in [6.07, 6.45) is 8.40. The highest BCUT2D eigenvalue weighted by Crippen LogP contribution is 2.08. The first-order valence-electron chi connectivity index (χ1n) is 8.77. The van der Waals surface area contributed by atoms with Crippen molar-refractivity contribution in [3.8, 4) is 5.69 Å². The number of hydrogen-bond donors (Lipinski definition) is 1. The molecule has 0 bridgehead atoms. The van der Waals surface area contributed by atoms with Crippen LogP contribution in [0.4, 0.5) is 0 Å². The topological polar surface area (TPSA) is 90.9 Å². The third-order valence-electron chi connectivity index (χ3n) is 4.31. The molecular weight excluding hydrogens is 358 g/mol. The minimum absolute atomic E-state index is 0.272. The molecule has 0 aliphatic rings. The Hall–Kier alpha value is -3.68. The van der Waals surface area contributed by atoms with E-state index in [4.69, 9.17) is 0 Å². The molecule has 0 saturated carbocycles. The second kappa shape index (κ2) is 8.34. The number of rotatable bonds is 6. The van der Waals surface area contributed by atoms with Crippen molar-refractivity contribution in [1.82, 2.24) is 24.2 Å². The van der Waals surface area contributed by atoms with E-state index < -0.39 is 11.2 Å². The molecular formula is C20H21N5O3. The molecule has 0 radical (unpaired) electrons. The van der Waals surface area contributed by atoms with Gasteiger partial charge in [-0.15, -0.1) is 0 Å². The van der Waals surface area contributed by atoms with Crippen molar-refractivity contribution in [3.63, 3.8) is 0 Å². The van der Waals surface area contributed by atoms with Crippen LogP contribution in [0.2, 0.25) is 0 Å². The molecule has 2 aromatic heterocycles. The van der Waals surface area contributed by atoms with Gasteiger partial charge in [-0.25, -0.2) is 9.48 Å². The van der Waals surface area contributed by atoms with Gasteiger partial charge in [0.25, 0.3) is 5.56 Å². The van der Waals surface area contributed by atoms with Crippen LogP contribution >= 0.6 is 0 Å². The Kier molecular flexibility index (Phi) is 5.69. The molecule has 1 amide bonds. The van der Waals surface area contributed by atoms with E-state index in [-0.39, 0.29) is 11.5 Å². The average molecular weight is 379 g/mol. The molecule has 0 aliphatic carbocycles. The zero-order valence-corrected chi connectivity index (χ0v) is 15.7. The molecule has 28 heavy (non-hydrogen) atoms. The molecule has 0 spiro atoms.